The molecule has 0 aliphatic rings. The van der Waals surface area contributed by atoms with Crippen molar-refractivity contribution in [1.82, 2.24) is 4.98 Å². The number of nitrogens with zero attached hydrogens (tertiary/aromatic N) is 1. The maximum atomic E-state index is 10.6. The minimum atomic E-state index is -0.982. The Morgan fingerprint density at radius 1 is 1.54 bits per heavy atom. The van der Waals surface area contributed by atoms with Crippen LogP contribution in [0, 0.1) is 0 Å². The number of hydrogen-bond acceptors (Lipinski definition) is 3. The molecule has 4 nitrogen and oxygen atoms in total. The molecular formula is C9H12N2O2. The lowest BCUT2D eigenvalue weighted by atomic mass is 9.95. The van der Waals surface area contributed by atoms with E-state index in [1.54, 1.807) is 31.5 Å². The number of aliphatic carboxylic acids is 1. The maximum Gasteiger partial charge on any atom is 0.321 e. The number of nitrogens with two attached hydrogens (primary N) is 1. The molecule has 1 heterocycles. The highest BCUT2D eigenvalue weighted by Gasteiger charge is 2.20. The Morgan fingerprint density at radius 2 is 2.08 bits per heavy atom. The lowest BCUT2D eigenvalue weighted by Crippen LogP contribution is -2.35. The summed E-state index contributed by atoms with van der Waals surface area (Å²) in [5.74, 6) is -1.18. The number of carboxylic acid groups (broad SMARTS) is 1. The van der Waals surface area contributed by atoms with Gasteiger partial charge in [-0.1, -0.05) is 6.92 Å². The molecule has 1 rings (SSSR count). The van der Waals surface area contributed by atoms with Gasteiger partial charge in [0, 0.05) is 18.3 Å². The van der Waals surface area contributed by atoms with Crippen LogP contribution in [0.15, 0.2) is 24.5 Å². The number of hydrogen-bond donors (Lipinski definition) is 2. The molecule has 0 amide bonds. The first kappa shape index (κ1) is 9.67. The molecular weight excluding hydrogens is 168 g/mol. The average molecular weight is 180 g/mol. The van der Waals surface area contributed by atoms with E-state index in [2.05, 4.69) is 4.98 Å². The van der Waals surface area contributed by atoms with Crippen molar-refractivity contribution in [3.63, 3.8) is 0 Å². The van der Waals surface area contributed by atoms with Gasteiger partial charge < -0.3 is 10.8 Å². The fourth-order valence-corrected chi connectivity index (χ4v) is 1.09. The molecule has 3 N–H and O–H groups in total. The Labute approximate surface area is 76.4 Å². The standard InChI is InChI=1S/C9H12N2O2/c1-6(8(10)9(12)13)7-2-4-11-5-3-7/h2-6,8H,10H2,1H3,(H,12,13). The molecule has 0 fully saturated rings. The minimum absolute atomic E-state index is 0.194. The highest BCUT2D eigenvalue weighted by molar-refractivity contribution is 5.74. The van der Waals surface area contributed by atoms with Gasteiger partial charge in [0.2, 0.25) is 0 Å². The molecule has 0 aromatic carbocycles. The van der Waals surface area contributed by atoms with Gasteiger partial charge in [0.25, 0.3) is 0 Å². The molecule has 0 aliphatic heterocycles. The second-order valence-corrected chi connectivity index (χ2v) is 2.93. The summed E-state index contributed by atoms with van der Waals surface area (Å²) < 4.78 is 0. The number of aromatic nitrogens is 1. The zero-order valence-electron chi connectivity index (χ0n) is 7.34. The average Bonchev–Trinajstić information content (AvgIpc) is 2.17. The monoisotopic (exact) mass is 180 g/mol. The van der Waals surface area contributed by atoms with Gasteiger partial charge in [0.15, 0.2) is 0 Å². The quantitative estimate of drug-likeness (QED) is 0.714. The Morgan fingerprint density at radius 3 is 2.54 bits per heavy atom. The Hall–Kier alpha value is -1.42. The Balaban J connectivity index is 2.79. The van der Waals surface area contributed by atoms with Crippen LogP contribution in [0.2, 0.25) is 0 Å². The summed E-state index contributed by atoms with van der Waals surface area (Å²) in [4.78, 5) is 14.4. The van der Waals surface area contributed by atoms with Gasteiger partial charge in [0.05, 0.1) is 0 Å². The van der Waals surface area contributed by atoms with Crippen LogP contribution in [0.3, 0.4) is 0 Å². The summed E-state index contributed by atoms with van der Waals surface area (Å²) in [6.07, 6.45) is 3.25. The van der Waals surface area contributed by atoms with Gasteiger partial charge in [-0.2, -0.15) is 0 Å². The Bertz CT molecular complexity index is 287. The molecule has 70 valence electrons. The van der Waals surface area contributed by atoms with Crippen LogP contribution in [0.4, 0.5) is 0 Å². The molecule has 0 radical (unpaired) electrons. The Kier molecular flexibility index (Phi) is 2.97. The summed E-state index contributed by atoms with van der Waals surface area (Å²) in [5.41, 5.74) is 6.37. The van der Waals surface area contributed by atoms with Crippen LogP contribution < -0.4 is 5.73 Å². The molecule has 1 aromatic heterocycles. The summed E-state index contributed by atoms with van der Waals surface area (Å²) >= 11 is 0. The molecule has 4 heteroatoms. The summed E-state index contributed by atoms with van der Waals surface area (Å²) in [7, 11) is 0. The second-order valence-electron chi connectivity index (χ2n) is 2.93. The van der Waals surface area contributed by atoms with E-state index in [4.69, 9.17) is 10.8 Å². The van der Waals surface area contributed by atoms with E-state index >= 15 is 0 Å². The third-order valence-corrected chi connectivity index (χ3v) is 2.06. The van der Waals surface area contributed by atoms with Gasteiger partial charge in [-0.15, -0.1) is 0 Å². The molecule has 1 aromatic rings. The molecule has 0 saturated heterocycles. The topological polar surface area (TPSA) is 76.2 Å². The van der Waals surface area contributed by atoms with Crippen LogP contribution in [-0.4, -0.2) is 22.1 Å². The van der Waals surface area contributed by atoms with Crippen molar-refractivity contribution in [3.05, 3.63) is 30.1 Å². The zero-order valence-corrected chi connectivity index (χ0v) is 7.34. The van der Waals surface area contributed by atoms with Gasteiger partial charge >= 0.3 is 5.97 Å². The predicted molar refractivity (Wildman–Crippen MR) is 48.3 cm³/mol. The lowest BCUT2D eigenvalue weighted by Gasteiger charge is -2.15. The lowest BCUT2D eigenvalue weighted by molar-refractivity contribution is -0.139. The van der Waals surface area contributed by atoms with E-state index in [0.717, 1.165) is 5.56 Å². The number of rotatable bonds is 3. The largest absolute Gasteiger partial charge is 0.480 e. The molecule has 0 bridgehead atoms. The van der Waals surface area contributed by atoms with Crippen LogP contribution in [0.5, 0.6) is 0 Å². The SMILES string of the molecule is CC(c1ccncc1)C(N)C(=O)O. The van der Waals surface area contributed by atoms with Crippen LogP contribution in [-0.2, 0) is 4.79 Å². The fourth-order valence-electron chi connectivity index (χ4n) is 1.09. The van der Waals surface area contributed by atoms with Crippen LogP contribution in [0.25, 0.3) is 0 Å². The predicted octanol–water partition coefficient (Wildman–Crippen LogP) is 0.597. The molecule has 2 atom stereocenters. The van der Waals surface area contributed by atoms with Crippen molar-refractivity contribution in [2.75, 3.05) is 0 Å². The smallest absolute Gasteiger partial charge is 0.321 e. The first-order chi connectivity index (χ1) is 6.13. The summed E-state index contributed by atoms with van der Waals surface area (Å²) in [6, 6.07) is 2.68. The van der Waals surface area contributed by atoms with E-state index in [-0.39, 0.29) is 5.92 Å². The second kappa shape index (κ2) is 4.00. The van der Waals surface area contributed by atoms with E-state index in [1.807, 2.05) is 0 Å². The van der Waals surface area contributed by atoms with Crippen molar-refractivity contribution < 1.29 is 9.90 Å². The van der Waals surface area contributed by atoms with E-state index in [9.17, 15) is 4.79 Å². The third kappa shape index (κ3) is 2.26. The molecule has 0 saturated carbocycles. The van der Waals surface area contributed by atoms with Crippen molar-refractivity contribution in [3.8, 4) is 0 Å². The normalized spacial score (nSPS) is 14.9. The van der Waals surface area contributed by atoms with Gasteiger partial charge in [0.1, 0.15) is 6.04 Å². The first-order valence-corrected chi connectivity index (χ1v) is 4.01. The maximum absolute atomic E-state index is 10.6. The summed E-state index contributed by atoms with van der Waals surface area (Å²) in [5, 5.41) is 8.67. The van der Waals surface area contributed by atoms with E-state index < -0.39 is 12.0 Å². The van der Waals surface area contributed by atoms with Gasteiger partial charge in [-0.05, 0) is 17.7 Å². The minimum Gasteiger partial charge on any atom is -0.480 e. The molecule has 0 spiro atoms. The third-order valence-electron chi connectivity index (χ3n) is 2.06. The van der Waals surface area contributed by atoms with E-state index in [0.29, 0.717) is 0 Å². The van der Waals surface area contributed by atoms with Crippen molar-refractivity contribution >= 4 is 5.97 Å². The highest BCUT2D eigenvalue weighted by atomic mass is 16.4. The molecule has 2 unspecified atom stereocenters. The zero-order chi connectivity index (χ0) is 9.84. The van der Waals surface area contributed by atoms with Gasteiger partial charge in [-0.25, -0.2) is 0 Å². The highest BCUT2D eigenvalue weighted by Crippen LogP contribution is 2.16. The fraction of sp³-hybridized carbons (Fsp3) is 0.333. The van der Waals surface area contributed by atoms with Crippen molar-refractivity contribution in [1.29, 1.82) is 0 Å². The molecule has 0 aliphatic carbocycles. The van der Waals surface area contributed by atoms with Gasteiger partial charge in [-0.3, -0.25) is 9.78 Å². The van der Waals surface area contributed by atoms with E-state index in [1.165, 1.54) is 0 Å². The van der Waals surface area contributed by atoms with Crippen LogP contribution in [0.1, 0.15) is 18.4 Å². The number of pyridine rings is 1. The number of carboxylic acids is 1. The van der Waals surface area contributed by atoms with Crippen molar-refractivity contribution in [2.45, 2.75) is 18.9 Å². The van der Waals surface area contributed by atoms with Crippen LogP contribution >= 0.6 is 0 Å². The molecule has 13 heavy (non-hydrogen) atoms. The number of carbonyl (C=O) groups is 1. The summed E-state index contributed by atoms with van der Waals surface area (Å²) in [6.45, 7) is 1.79. The first-order valence-electron chi connectivity index (χ1n) is 4.01. The van der Waals surface area contributed by atoms with Crippen molar-refractivity contribution in [2.24, 2.45) is 5.73 Å².